The Kier molecular flexibility index (Phi) is 4.15. The first kappa shape index (κ1) is 13.5. The van der Waals surface area contributed by atoms with E-state index in [1.54, 1.807) is 0 Å². The summed E-state index contributed by atoms with van der Waals surface area (Å²) < 4.78 is 6.04. The first-order valence-electron chi connectivity index (χ1n) is 7.22. The second-order valence-electron chi connectivity index (χ2n) is 5.86. The van der Waals surface area contributed by atoms with Gasteiger partial charge >= 0.3 is 0 Å². The summed E-state index contributed by atoms with van der Waals surface area (Å²) in [6.45, 7) is 0.868. The van der Waals surface area contributed by atoms with Crippen molar-refractivity contribution < 1.29 is 9.84 Å². The maximum Gasteiger partial charge on any atom is 0.0792 e. The number of hydrogen-bond donors (Lipinski definition) is 1. The first-order valence-corrected chi connectivity index (χ1v) is 8.38. The molecule has 0 aromatic heterocycles. The van der Waals surface area contributed by atoms with Gasteiger partial charge in [-0.2, -0.15) is 11.8 Å². The van der Waals surface area contributed by atoms with Crippen molar-refractivity contribution in [1.82, 2.24) is 0 Å². The van der Waals surface area contributed by atoms with Crippen molar-refractivity contribution in [3.63, 3.8) is 0 Å². The van der Waals surface area contributed by atoms with Crippen LogP contribution in [-0.4, -0.2) is 28.8 Å². The van der Waals surface area contributed by atoms with Crippen molar-refractivity contribution >= 4 is 11.8 Å². The summed E-state index contributed by atoms with van der Waals surface area (Å²) in [5, 5.41) is 10.4. The van der Waals surface area contributed by atoms with Crippen molar-refractivity contribution in [2.24, 2.45) is 5.92 Å². The molecule has 3 heteroatoms. The molecule has 3 rings (SSSR count). The third kappa shape index (κ3) is 3.15. The minimum absolute atomic E-state index is 0.129. The normalized spacial score (nSPS) is 32.6. The van der Waals surface area contributed by atoms with E-state index >= 15 is 0 Å². The minimum Gasteiger partial charge on any atom is -0.388 e. The number of rotatable bonds is 3. The van der Waals surface area contributed by atoms with Crippen LogP contribution in [0.3, 0.4) is 0 Å². The molecule has 0 amide bonds. The molecule has 3 atom stereocenters. The highest BCUT2D eigenvalue weighted by Gasteiger charge is 2.40. The number of aliphatic hydroxyl groups is 1. The van der Waals surface area contributed by atoms with Gasteiger partial charge in [0.2, 0.25) is 0 Å². The van der Waals surface area contributed by atoms with E-state index in [-0.39, 0.29) is 11.7 Å². The Morgan fingerprint density at radius 1 is 1.37 bits per heavy atom. The molecule has 2 nitrogen and oxygen atoms in total. The predicted octanol–water partition coefficient (Wildman–Crippen LogP) is 3.41. The fourth-order valence-corrected chi connectivity index (χ4v) is 4.70. The van der Waals surface area contributed by atoms with Gasteiger partial charge in [-0.1, -0.05) is 30.3 Å². The molecular weight excluding hydrogens is 256 g/mol. The third-order valence-electron chi connectivity index (χ3n) is 4.40. The van der Waals surface area contributed by atoms with Gasteiger partial charge in [0.15, 0.2) is 0 Å². The molecule has 2 fully saturated rings. The van der Waals surface area contributed by atoms with Crippen LogP contribution in [0.15, 0.2) is 30.3 Å². The highest BCUT2D eigenvalue weighted by molar-refractivity contribution is 7.99. The average Bonchev–Trinajstić information content (AvgIpc) is 2.88. The molecule has 104 valence electrons. The predicted molar refractivity (Wildman–Crippen MR) is 79.4 cm³/mol. The van der Waals surface area contributed by atoms with E-state index < -0.39 is 0 Å². The van der Waals surface area contributed by atoms with Crippen LogP contribution in [0.25, 0.3) is 0 Å². The summed E-state index contributed by atoms with van der Waals surface area (Å²) in [4.78, 5) is 0. The van der Waals surface area contributed by atoms with Crippen LogP contribution >= 0.6 is 11.8 Å². The minimum atomic E-state index is -0.324. The molecule has 2 heterocycles. The van der Waals surface area contributed by atoms with Gasteiger partial charge in [0.25, 0.3) is 0 Å². The van der Waals surface area contributed by atoms with Crippen LogP contribution < -0.4 is 0 Å². The molecule has 1 aromatic rings. The largest absolute Gasteiger partial charge is 0.388 e. The lowest BCUT2D eigenvalue weighted by molar-refractivity contribution is -0.0856. The molecule has 1 aromatic carbocycles. The zero-order valence-corrected chi connectivity index (χ0v) is 12.1. The van der Waals surface area contributed by atoms with Gasteiger partial charge in [-0.05, 0) is 42.9 Å². The van der Waals surface area contributed by atoms with Crippen molar-refractivity contribution in [3.05, 3.63) is 35.9 Å². The van der Waals surface area contributed by atoms with Crippen molar-refractivity contribution in [1.29, 1.82) is 0 Å². The van der Waals surface area contributed by atoms with Gasteiger partial charge in [-0.3, -0.25) is 0 Å². The fraction of sp³-hybridized carbons (Fsp3) is 0.625. The van der Waals surface area contributed by atoms with E-state index in [9.17, 15) is 5.11 Å². The molecule has 0 aliphatic carbocycles. The smallest absolute Gasteiger partial charge is 0.0792 e. The third-order valence-corrected chi connectivity index (χ3v) is 5.63. The molecule has 1 spiro atoms. The van der Waals surface area contributed by atoms with Gasteiger partial charge in [0.1, 0.15) is 0 Å². The number of benzene rings is 1. The van der Waals surface area contributed by atoms with E-state index in [0.29, 0.717) is 5.92 Å². The molecule has 2 aliphatic rings. The Morgan fingerprint density at radius 2 is 2.21 bits per heavy atom. The zero-order chi connectivity index (χ0) is 13.1. The lowest BCUT2D eigenvalue weighted by atomic mass is 9.81. The fourth-order valence-electron chi connectivity index (χ4n) is 3.32. The Hall–Kier alpha value is -0.510. The molecular formula is C16H22O2S. The number of ether oxygens (including phenoxy) is 1. The van der Waals surface area contributed by atoms with Crippen LogP contribution in [0.4, 0.5) is 0 Å². The second-order valence-corrected chi connectivity index (χ2v) is 6.96. The zero-order valence-electron chi connectivity index (χ0n) is 11.3. The molecule has 1 N–H and O–H groups in total. The molecule has 0 saturated carbocycles. The van der Waals surface area contributed by atoms with E-state index in [1.165, 1.54) is 12.2 Å². The van der Waals surface area contributed by atoms with E-state index in [1.807, 2.05) is 42.1 Å². The monoisotopic (exact) mass is 278 g/mol. The van der Waals surface area contributed by atoms with Gasteiger partial charge in [0, 0.05) is 12.4 Å². The van der Waals surface area contributed by atoms with Crippen molar-refractivity contribution in [2.75, 3.05) is 18.1 Å². The van der Waals surface area contributed by atoms with E-state index in [2.05, 4.69) is 0 Å². The molecule has 2 saturated heterocycles. The lowest BCUT2D eigenvalue weighted by Crippen LogP contribution is -2.40. The summed E-state index contributed by atoms with van der Waals surface area (Å²) in [6.07, 6.45) is 3.96. The summed E-state index contributed by atoms with van der Waals surface area (Å²) >= 11 is 2.01. The number of hydrogen-bond acceptors (Lipinski definition) is 3. The SMILES string of the molecule is OC(CC1CCOC2(CCSC2)C1)c1ccccc1. The molecule has 0 radical (unpaired) electrons. The van der Waals surface area contributed by atoms with Crippen LogP contribution in [0, 0.1) is 5.92 Å². The maximum absolute atomic E-state index is 10.4. The molecule has 3 unspecified atom stereocenters. The van der Waals surface area contributed by atoms with Gasteiger partial charge in [-0.25, -0.2) is 0 Å². The second kappa shape index (κ2) is 5.86. The quantitative estimate of drug-likeness (QED) is 0.918. The van der Waals surface area contributed by atoms with Crippen LogP contribution in [0.5, 0.6) is 0 Å². The molecule has 2 aliphatic heterocycles. The average molecular weight is 278 g/mol. The van der Waals surface area contributed by atoms with Gasteiger partial charge in [0.05, 0.1) is 11.7 Å². The molecule has 19 heavy (non-hydrogen) atoms. The summed E-state index contributed by atoms with van der Waals surface area (Å²) in [5.41, 5.74) is 1.17. The summed E-state index contributed by atoms with van der Waals surface area (Å²) in [7, 11) is 0. The standard InChI is InChI=1S/C16H22O2S/c17-15(14-4-2-1-3-5-14)10-13-6-8-18-16(11-13)7-9-19-12-16/h1-5,13,15,17H,6-12H2. The first-order chi connectivity index (χ1) is 9.27. The van der Waals surface area contributed by atoms with Crippen LogP contribution in [0.2, 0.25) is 0 Å². The highest BCUT2D eigenvalue weighted by Crippen LogP contribution is 2.42. The highest BCUT2D eigenvalue weighted by atomic mass is 32.2. The van der Waals surface area contributed by atoms with Crippen LogP contribution in [0.1, 0.15) is 37.4 Å². The van der Waals surface area contributed by atoms with E-state index in [0.717, 1.165) is 37.2 Å². The van der Waals surface area contributed by atoms with Crippen molar-refractivity contribution in [3.8, 4) is 0 Å². The maximum atomic E-state index is 10.4. The van der Waals surface area contributed by atoms with Crippen LogP contribution in [-0.2, 0) is 4.74 Å². The number of aliphatic hydroxyl groups excluding tert-OH is 1. The van der Waals surface area contributed by atoms with E-state index in [4.69, 9.17) is 4.74 Å². The summed E-state index contributed by atoms with van der Waals surface area (Å²) in [5.74, 6) is 2.97. The Bertz CT molecular complexity index is 400. The summed E-state index contributed by atoms with van der Waals surface area (Å²) in [6, 6.07) is 10.0. The molecule has 0 bridgehead atoms. The van der Waals surface area contributed by atoms with Gasteiger partial charge < -0.3 is 9.84 Å². The van der Waals surface area contributed by atoms with Gasteiger partial charge in [-0.15, -0.1) is 0 Å². The lowest BCUT2D eigenvalue weighted by Gasteiger charge is -2.38. The van der Waals surface area contributed by atoms with Crippen molar-refractivity contribution in [2.45, 2.75) is 37.4 Å². The Balaban J connectivity index is 1.60. The topological polar surface area (TPSA) is 29.5 Å². The Labute approximate surface area is 119 Å². The Morgan fingerprint density at radius 3 is 2.95 bits per heavy atom. The number of thioether (sulfide) groups is 1.